The molecule has 1 fully saturated rings. The van der Waals surface area contributed by atoms with Gasteiger partial charge in [0.15, 0.2) is 0 Å². The molecule has 0 spiro atoms. The van der Waals surface area contributed by atoms with E-state index in [1.54, 1.807) is 7.05 Å². The van der Waals surface area contributed by atoms with Gasteiger partial charge in [0.1, 0.15) is 11.5 Å². The molecule has 0 aliphatic carbocycles. The number of nitrogens with zero attached hydrogens (tertiary/aromatic N) is 3. The van der Waals surface area contributed by atoms with E-state index in [1.165, 1.54) is 17.3 Å². The molecule has 20 heavy (non-hydrogen) atoms. The summed E-state index contributed by atoms with van der Waals surface area (Å²) in [6, 6.07) is 0. The summed E-state index contributed by atoms with van der Waals surface area (Å²) in [5.74, 6) is -1.47. The fraction of sp³-hybridized carbons (Fsp3) is 0.583. The average Bonchev–Trinajstić information content (AvgIpc) is 2.46. The molecule has 2 heterocycles. The molecule has 5 nitrogen and oxygen atoms in total. The number of rotatable bonds is 2. The molecule has 0 radical (unpaired) electrons. The van der Waals surface area contributed by atoms with Gasteiger partial charge in [-0.25, -0.2) is 9.97 Å². The van der Waals surface area contributed by atoms with E-state index in [2.05, 4.69) is 15.3 Å². The van der Waals surface area contributed by atoms with Crippen molar-refractivity contribution in [2.45, 2.75) is 19.0 Å². The van der Waals surface area contributed by atoms with Crippen LogP contribution in [0, 0.1) is 5.92 Å². The summed E-state index contributed by atoms with van der Waals surface area (Å²) in [5.41, 5.74) is 0.0619. The summed E-state index contributed by atoms with van der Waals surface area (Å²) in [5, 5.41) is 2.75. The number of hydrogen-bond donors (Lipinski definition) is 1. The Kier molecular flexibility index (Phi) is 4.10. The minimum absolute atomic E-state index is 0.0619. The van der Waals surface area contributed by atoms with E-state index in [-0.39, 0.29) is 18.7 Å². The second kappa shape index (κ2) is 5.64. The van der Waals surface area contributed by atoms with Gasteiger partial charge in [0.05, 0.1) is 18.3 Å². The fourth-order valence-electron chi connectivity index (χ4n) is 2.16. The van der Waals surface area contributed by atoms with Crippen LogP contribution in [0.5, 0.6) is 0 Å². The quantitative estimate of drug-likeness (QED) is 0.903. The molecule has 0 bridgehead atoms. The highest BCUT2D eigenvalue weighted by atomic mass is 19.4. The van der Waals surface area contributed by atoms with Gasteiger partial charge < -0.3 is 10.2 Å². The van der Waals surface area contributed by atoms with Gasteiger partial charge in [-0.1, -0.05) is 0 Å². The molecule has 110 valence electrons. The largest absolute Gasteiger partial charge is 0.393 e. The molecular formula is C12H15F3N4O. The maximum Gasteiger partial charge on any atom is 0.393 e. The zero-order valence-electron chi connectivity index (χ0n) is 10.9. The number of alkyl halides is 3. The van der Waals surface area contributed by atoms with E-state index in [1.807, 2.05) is 0 Å². The number of nitrogens with one attached hydrogen (secondary N) is 1. The molecule has 1 aromatic heterocycles. The molecule has 1 aliphatic rings. The summed E-state index contributed by atoms with van der Waals surface area (Å²) in [6.45, 7) is 0.0126. The first-order valence-electron chi connectivity index (χ1n) is 6.27. The molecule has 1 unspecified atom stereocenters. The van der Waals surface area contributed by atoms with Crippen LogP contribution in [0.2, 0.25) is 0 Å². The Morgan fingerprint density at radius 2 is 2.15 bits per heavy atom. The minimum Gasteiger partial charge on any atom is -0.372 e. The van der Waals surface area contributed by atoms with Gasteiger partial charge in [0, 0.05) is 20.1 Å². The molecule has 1 saturated heterocycles. The third kappa shape index (κ3) is 3.17. The fourth-order valence-corrected chi connectivity index (χ4v) is 2.16. The van der Waals surface area contributed by atoms with Crippen LogP contribution in [0.4, 0.5) is 19.0 Å². The standard InChI is InChI=1S/C12H15F3N4O/c1-16-10-6-17-9(5-18-10)11(20)19-4-2-3-8(7-19)12(13,14)15/h5-6,8H,2-4,7H2,1H3,(H,16,18). The van der Waals surface area contributed by atoms with E-state index < -0.39 is 18.0 Å². The Balaban J connectivity index is 2.08. The molecule has 2 rings (SSSR count). The van der Waals surface area contributed by atoms with Crippen molar-refractivity contribution in [1.82, 2.24) is 14.9 Å². The molecule has 0 aromatic carbocycles. The Morgan fingerprint density at radius 3 is 2.70 bits per heavy atom. The van der Waals surface area contributed by atoms with Gasteiger partial charge in [-0.3, -0.25) is 4.79 Å². The zero-order chi connectivity index (χ0) is 14.8. The average molecular weight is 288 g/mol. The van der Waals surface area contributed by atoms with Crippen LogP contribution in [0.25, 0.3) is 0 Å². The lowest BCUT2D eigenvalue weighted by molar-refractivity contribution is -0.184. The van der Waals surface area contributed by atoms with Crippen molar-refractivity contribution in [1.29, 1.82) is 0 Å². The van der Waals surface area contributed by atoms with Gasteiger partial charge in [0.2, 0.25) is 0 Å². The van der Waals surface area contributed by atoms with Crippen molar-refractivity contribution in [3.8, 4) is 0 Å². The summed E-state index contributed by atoms with van der Waals surface area (Å²) >= 11 is 0. The van der Waals surface area contributed by atoms with Crippen molar-refractivity contribution in [3.63, 3.8) is 0 Å². The maximum absolute atomic E-state index is 12.7. The first-order valence-corrected chi connectivity index (χ1v) is 6.27. The van der Waals surface area contributed by atoms with Crippen molar-refractivity contribution in [2.24, 2.45) is 5.92 Å². The van der Waals surface area contributed by atoms with Gasteiger partial charge in [-0.05, 0) is 12.8 Å². The van der Waals surface area contributed by atoms with Crippen LogP contribution in [0.1, 0.15) is 23.3 Å². The normalized spacial score (nSPS) is 19.8. The van der Waals surface area contributed by atoms with Crippen LogP contribution in [0.15, 0.2) is 12.4 Å². The number of carbonyl (C=O) groups excluding carboxylic acids is 1. The molecular weight excluding hydrogens is 273 g/mol. The molecule has 0 saturated carbocycles. The van der Waals surface area contributed by atoms with Gasteiger partial charge in [-0.2, -0.15) is 13.2 Å². The zero-order valence-corrected chi connectivity index (χ0v) is 10.9. The molecule has 1 N–H and O–H groups in total. The summed E-state index contributed by atoms with van der Waals surface area (Å²) < 4.78 is 38.1. The number of carbonyl (C=O) groups is 1. The van der Waals surface area contributed by atoms with Crippen molar-refractivity contribution in [2.75, 3.05) is 25.5 Å². The highest BCUT2D eigenvalue weighted by Crippen LogP contribution is 2.33. The Bertz CT molecular complexity index is 475. The van der Waals surface area contributed by atoms with E-state index in [9.17, 15) is 18.0 Å². The monoisotopic (exact) mass is 288 g/mol. The minimum atomic E-state index is -4.26. The van der Waals surface area contributed by atoms with E-state index in [0.29, 0.717) is 18.8 Å². The molecule has 1 amide bonds. The number of hydrogen-bond acceptors (Lipinski definition) is 4. The Hall–Kier alpha value is -1.86. The molecule has 1 aromatic rings. The van der Waals surface area contributed by atoms with Crippen LogP contribution < -0.4 is 5.32 Å². The summed E-state index contributed by atoms with van der Waals surface area (Å²) in [6.07, 6.45) is -1.21. The summed E-state index contributed by atoms with van der Waals surface area (Å²) in [4.78, 5) is 21.2. The smallest absolute Gasteiger partial charge is 0.372 e. The van der Waals surface area contributed by atoms with E-state index in [4.69, 9.17) is 0 Å². The van der Waals surface area contributed by atoms with Crippen molar-refractivity contribution in [3.05, 3.63) is 18.1 Å². The lowest BCUT2D eigenvalue weighted by atomic mass is 9.97. The van der Waals surface area contributed by atoms with Crippen molar-refractivity contribution >= 4 is 11.7 Å². The first-order chi connectivity index (χ1) is 9.41. The van der Waals surface area contributed by atoms with Gasteiger partial charge >= 0.3 is 6.18 Å². The highest BCUT2D eigenvalue weighted by Gasteiger charge is 2.42. The van der Waals surface area contributed by atoms with Crippen LogP contribution in [0.3, 0.4) is 0 Å². The number of piperidine rings is 1. The predicted octanol–water partition coefficient (Wildman–Crippen LogP) is 1.93. The highest BCUT2D eigenvalue weighted by molar-refractivity contribution is 5.92. The first kappa shape index (κ1) is 14.5. The molecule has 8 heteroatoms. The second-order valence-corrected chi connectivity index (χ2v) is 4.67. The number of aromatic nitrogens is 2. The number of likely N-dealkylation sites (tertiary alicyclic amines) is 1. The summed E-state index contributed by atoms with van der Waals surface area (Å²) in [7, 11) is 1.66. The Labute approximate surface area is 114 Å². The van der Waals surface area contributed by atoms with Crippen LogP contribution in [-0.4, -0.2) is 47.1 Å². The lowest BCUT2D eigenvalue weighted by Crippen LogP contribution is -2.44. The van der Waals surface area contributed by atoms with Crippen LogP contribution in [-0.2, 0) is 0 Å². The Morgan fingerprint density at radius 1 is 1.40 bits per heavy atom. The lowest BCUT2D eigenvalue weighted by Gasteiger charge is -2.33. The SMILES string of the molecule is CNc1cnc(C(=O)N2CCCC(C(F)(F)F)C2)cn1. The molecule has 1 aliphatic heterocycles. The predicted molar refractivity (Wildman–Crippen MR) is 66.3 cm³/mol. The van der Waals surface area contributed by atoms with E-state index in [0.717, 1.165) is 0 Å². The maximum atomic E-state index is 12.7. The second-order valence-electron chi connectivity index (χ2n) is 4.67. The van der Waals surface area contributed by atoms with Gasteiger partial charge in [-0.15, -0.1) is 0 Å². The third-order valence-electron chi connectivity index (χ3n) is 3.30. The number of amides is 1. The molecule has 1 atom stereocenters. The number of anilines is 1. The van der Waals surface area contributed by atoms with Gasteiger partial charge in [0.25, 0.3) is 5.91 Å². The van der Waals surface area contributed by atoms with Crippen LogP contribution >= 0.6 is 0 Å². The van der Waals surface area contributed by atoms with E-state index >= 15 is 0 Å². The topological polar surface area (TPSA) is 58.1 Å². The number of halogens is 3. The third-order valence-corrected chi connectivity index (χ3v) is 3.30. The van der Waals surface area contributed by atoms with Crippen molar-refractivity contribution < 1.29 is 18.0 Å².